The van der Waals surface area contributed by atoms with Crippen molar-refractivity contribution in [1.82, 2.24) is 4.98 Å². The van der Waals surface area contributed by atoms with E-state index in [9.17, 15) is 5.11 Å². The number of rotatable bonds is 2. The van der Waals surface area contributed by atoms with Gasteiger partial charge in [-0.25, -0.2) is 0 Å². The second-order valence-corrected chi connectivity index (χ2v) is 4.85. The molecule has 3 N–H and O–H groups in total. The fraction of sp³-hybridized carbons (Fsp3) is 0.615. The number of hydrogen-bond acceptors (Lipinski definition) is 3. The van der Waals surface area contributed by atoms with E-state index in [2.05, 4.69) is 11.1 Å². The largest absolute Gasteiger partial charge is 0.393 e. The molecule has 0 spiro atoms. The van der Waals surface area contributed by atoms with E-state index < -0.39 is 0 Å². The molecule has 3 nitrogen and oxygen atoms in total. The van der Waals surface area contributed by atoms with Gasteiger partial charge in [0.15, 0.2) is 0 Å². The molecule has 0 bridgehead atoms. The van der Waals surface area contributed by atoms with Crippen LogP contribution >= 0.6 is 0 Å². The molecular formula is C13H20N2O. The smallest absolute Gasteiger partial charge is 0.0541 e. The zero-order valence-electron chi connectivity index (χ0n) is 9.82. The summed E-state index contributed by atoms with van der Waals surface area (Å²) in [5.74, 6) is 0. The summed E-state index contributed by atoms with van der Waals surface area (Å²) in [6.45, 7) is 2.68. The highest BCUT2D eigenvalue weighted by atomic mass is 16.3. The summed E-state index contributed by atoms with van der Waals surface area (Å²) in [6, 6.07) is 4.11. The van der Waals surface area contributed by atoms with Crippen molar-refractivity contribution in [2.45, 2.75) is 44.1 Å². The lowest BCUT2D eigenvalue weighted by Crippen LogP contribution is -2.40. The van der Waals surface area contributed by atoms with Crippen molar-refractivity contribution in [3.05, 3.63) is 29.6 Å². The lowest BCUT2D eigenvalue weighted by molar-refractivity contribution is 0.0971. The Hall–Kier alpha value is -0.930. The van der Waals surface area contributed by atoms with Gasteiger partial charge in [-0.3, -0.25) is 4.98 Å². The molecule has 1 fully saturated rings. The predicted molar refractivity (Wildman–Crippen MR) is 64.2 cm³/mol. The number of nitrogens with zero attached hydrogens (tertiary/aromatic N) is 1. The molecular weight excluding hydrogens is 200 g/mol. The first-order valence-corrected chi connectivity index (χ1v) is 5.98. The van der Waals surface area contributed by atoms with Crippen molar-refractivity contribution in [3.8, 4) is 0 Å². The maximum Gasteiger partial charge on any atom is 0.0541 e. The van der Waals surface area contributed by atoms with Crippen LogP contribution in [0.2, 0.25) is 0 Å². The van der Waals surface area contributed by atoms with Crippen LogP contribution in [-0.2, 0) is 5.41 Å². The maximum atomic E-state index is 9.60. The van der Waals surface area contributed by atoms with Crippen LogP contribution < -0.4 is 5.73 Å². The summed E-state index contributed by atoms with van der Waals surface area (Å²) in [4.78, 5) is 4.35. The third kappa shape index (κ3) is 1.97. The van der Waals surface area contributed by atoms with Crippen molar-refractivity contribution in [1.29, 1.82) is 0 Å². The molecule has 0 amide bonds. The quantitative estimate of drug-likeness (QED) is 0.794. The molecule has 1 saturated carbocycles. The molecule has 0 aromatic carbocycles. The molecule has 88 valence electrons. The molecule has 0 aliphatic heterocycles. The van der Waals surface area contributed by atoms with E-state index in [4.69, 9.17) is 5.73 Å². The van der Waals surface area contributed by atoms with Gasteiger partial charge in [0.25, 0.3) is 0 Å². The summed E-state index contributed by atoms with van der Waals surface area (Å²) in [5, 5.41) is 9.60. The molecule has 3 heteroatoms. The second-order valence-electron chi connectivity index (χ2n) is 4.85. The number of aryl methyl sites for hydroxylation is 1. The van der Waals surface area contributed by atoms with E-state index in [1.54, 1.807) is 0 Å². The first-order chi connectivity index (χ1) is 7.68. The average Bonchev–Trinajstić information content (AvgIpc) is 2.32. The fourth-order valence-electron chi connectivity index (χ4n) is 2.78. The van der Waals surface area contributed by atoms with Crippen molar-refractivity contribution in [3.63, 3.8) is 0 Å². The lowest BCUT2D eigenvalue weighted by Gasteiger charge is -2.39. The predicted octanol–water partition coefficient (Wildman–Crippen LogP) is 1.52. The summed E-state index contributed by atoms with van der Waals surface area (Å²) >= 11 is 0. The minimum Gasteiger partial charge on any atom is -0.393 e. The number of nitrogens with two attached hydrogens (primary N) is 1. The number of aliphatic hydroxyl groups excluding tert-OH is 1. The SMILES string of the molecule is Cc1ncccc1C1(CN)CCC(O)CC1. The van der Waals surface area contributed by atoms with E-state index in [0.717, 1.165) is 31.4 Å². The Bertz CT molecular complexity index is 357. The Morgan fingerprint density at radius 2 is 2.19 bits per heavy atom. The monoisotopic (exact) mass is 220 g/mol. The lowest BCUT2D eigenvalue weighted by atomic mass is 9.68. The van der Waals surface area contributed by atoms with Crippen LogP contribution in [0.25, 0.3) is 0 Å². The molecule has 0 radical (unpaired) electrons. The van der Waals surface area contributed by atoms with Crippen LogP contribution in [0.1, 0.15) is 36.9 Å². The molecule has 16 heavy (non-hydrogen) atoms. The number of hydrogen-bond donors (Lipinski definition) is 2. The molecule has 2 rings (SSSR count). The molecule has 0 atom stereocenters. The van der Waals surface area contributed by atoms with Crippen molar-refractivity contribution < 1.29 is 5.11 Å². The van der Waals surface area contributed by atoms with Crippen LogP contribution in [-0.4, -0.2) is 22.7 Å². The van der Waals surface area contributed by atoms with Gasteiger partial charge in [0.1, 0.15) is 0 Å². The molecule has 1 heterocycles. The van der Waals surface area contributed by atoms with Gasteiger partial charge in [-0.2, -0.15) is 0 Å². The summed E-state index contributed by atoms with van der Waals surface area (Å²) in [5.41, 5.74) is 8.36. The highest BCUT2D eigenvalue weighted by Gasteiger charge is 2.36. The van der Waals surface area contributed by atoms with Crippen LogP contribution in [0.5, 0.6) is 0 Å². The third-order valence-electron chi connectivity index (χ3n) is 3.88. The van der Waals surface area contributed by atoms with Crippen LogP contribution in [0, 0.1) is 6.92 Å². The molecule has 0 saturated heterocycles. The van der Waals surface area contributed by atoms with Crippen molar-refractivity contribution in [2.75, 3.05) is 6.54 Å². The normalized spacial score (nSPS) is 30.3. The van der Waals surface area contributed by atoms with Crippen LogP contribution in [0.4, 0.5) is 0 Å². The van der Waals surface area contributed by atoms with E-state index in [-0.39, 0.29) is 11.5 Å². The van der Waals surface area contributed by atoms with Gasteiger partial charge in [0.05, 0.1) is 6.10 Å². The Balaban J connectivity index is 2.32. The average molecular weight is 220 g/mol. The van der Waals surface area contributed by atoms with Gasteiger partial charge >= 0.3 is 0 Å². The molecule has 0 unspecified atom stereocenters. The van der Waals surface area contributed by atoms with Gasteiger partial charge < -0.3 is 10.8 Å². The molecule has 1 aromatic rings. The van der Waals surface area contributed by atoms with E-state index >= 15 is 0 Å². The standard InChI is InChI=1S/C13H20N2O/c1-10-12(3-2-8-15-10)13(9-14)6-4-11(16)5-7-13/h2-3,8,11,16H,4-7,9,14H2,1H3. The van der Waals surface area contributed by atoms with Crippen molar-refractivity contribution >= 4 is 0 Å². The maximum absolute atomic E-state index is 9.60. The van der Waals surface area contributed by atoms with Gasteiger partial charge in [-0.05, 0) is 44.2 Å². The fourth-order valence-corrected chi connectivity index (χ4v) is 2.78. The van der Waals surface area contributed by atoms with Gasteiger partial charge in [0, 0.05) is 23.9 Å². The second kappa shape index (κ2) is 4.52. The molecule has 1 aliphatic carbocycles. The zero-order valence-corrected chi connectivity index (χ0v) is 9.82. The molecule has 1 aromatic heterocycles. The van der Waals surface area contributed by atoms with E-state index in [1.165, 1.54) is 5.56 Å². The van der Waals surface area contributed by atoms with Gasteiger partial charge in [0.2, 0.25) is 0 Å². The Kier molecular flexibility index (Phi) is 3.26. The van der Waals surface area contributed by atoms with E-state index in [1.807, 2.05) is 19.2 Å². The van der Waals surface area contributed by atoms with Crippen LogP contribution in [0.3, 0.4) is 0 Å². The highest BCUT2D eigenvalue weighted by Crippen LogP contribution is 2.39. The minimum absolute atomic E-state index is 0.0393. The first-order valence-electron chi connectivity index (χ1n) is 5.98. The van der Waals surface area contributed by atoms with Gasteiger partial charge in [-0.15, -0.1) is 0 Å². The number of aromatic nitrogens is 1. The third-order valence-corrected chi connectivity index (χ3v) is 3.88. The topological polar surface area (TPSA) is 59.1 Å². The van der Waals surface area contributed by atoms with Crippen LogP contribution in [0.15, 0.2) is 18.3 Å². The molecule has 1 aliphatic rings. The highest BCUT2D eigenvalue weighted by molar-refractivity contribution is 5.30. The Labute approximate surface area is 96.7 Å². The zero-order chi connectivity index (χ0) is 11.6. The summed E-state index contributed by atoms with van der Waals surface area (Å²) < 4.78 is 0. The van der Waals surface area contributed by atoms with E-state index in [0.29, 0.717) is 6.54 Å². The van der Waals surface area contributed by atoms with Crippen molar-refractivity contribution in [2.24, 2.45) is 5.73 Å². The number of pyridine rings is 1. The first kappa shape index (κ1) is 11.6. The number of aliphatic hydroxyl groups is 1. The van der Waals surface area contributed by atoms with Gasteiger partial charge in [-0.1, -0.05) is 6.07 Å². The summed E-state index contributed by atoms with van der Waals surface area (Å²) in [6.07, 6.45) is 5.32. The minimum atomic E-state index is -0.142. The Morgan fingerprint density at radius 3 is 2.75 bits per heavy atom. The Morgan fingerprint density at radius 1 is 1.50 bits per heavy atom. The summed E-state index contributed by atoms with van der Waals surface area (Å²) in [7, 11) is 0.